The molecule has 16 heteroatoms. The Bertz CT molecular complexity index is 1450. The van der Waals surface area contributed by atoms with Gasteiger partial charge in [0.1, 0.15) is 0 Å². The van der Waals surface area contributed by atoms with Crippen molar-refractivity contribution in [3.63, 3.8) is 0 Å². The van der Waals surface area contributed by atoms with Gasteiger partial charge in [-0.1, -0.05) is 46.8 Å². The van der Waals surface area contributed by atoms with E-state index in [2.05, 4.69) is 9.98 Å². The van der Waals surface area contributed by atoms with Crippen LogP contribution in [0.15, 0.2) is 68.3 Å². The van der Waals surface area contributed by atoms with Gasteiger partial charge < -0.3 is 10.2 Å². The fourth-order valence-electron chi connectivity index (χ4n) is 2.63. The van der Waals surface area contributed by atoms with Crippen molar-refractivity contribution in [3.05, 3.63) is 69.7 Å². The van der Waals surface area contributed by atoms with Gasteiger partial charge in [-0.25, -0.2) is 0 Å². The quantitative estimate of drug-likeness (QED) is 0.175. The molecular weight excluding hydrogens is 577 g/mol. The molecule has 0 saturated heterocycles. The largest absolute Gasteiger partial charge is 1.00 e. The molecule has 0 bridgehead atoms. The fraction of sp³-hybridized carbons (Fsp3) is 0. The number of halogens is 2. The standard InChI is InChI=1S/C20H14Cl2N2O8S2.2Na/c21-15-7-13(33(27,28)29)5-11(19(15)25)9-23-17-3-1-2-4-18(17)24-10-12-6-14(34(30,31)32)8-16(22)20(12)26;;/h1-10,25-26H,(H,27,28,29)(H,30,31,32);;/q;2*+1/p-2. The summed E-state index contributed by atoms with van der Waals surface area (Å²) in [5.41, 5.74) is -0.103. The van der Waals surface area contributed by atoms with Gasteiger partial charge in [0, 0.05) is 22.5 Å². The van der Waals surface area contributed by atoms with E-state index < -0.39 is 51.6 Å². The van der Waals surface area contributed by atoms with Crippen LogP contribution < -0.4 is 69.3 Å². The van der Waals surface area contributed by atoms with Crippen LogP contribution in [-0.4, -0.2) is 38.4 Å². The normalized spacial score (nSPS) is 11.9. The summed E-state index contributed by atoms with van der Waals surface area (Å²) < 4.78 is 63.9. The van der Waals surface area contributed by atoms with Gasteiger partial charge >= 0.3 is 59.1 Å². The topological polar surface area (TPSA) is 180 Å². The molecule has 0 aliphatic carbocycles. The Hall–Kier alpha value is -1.000. The van der Waals surface area contributed by atoms with E-state index in [1.807, 2.05) is 0 Å². The van der Waals surface area contributed by atoms with Gasteiger partial charge in [0.15, 0.2) is 0 Å². The number of hydrogen-bond acceptors (Lipinski definition) is 8. The van der Waals surface area contributed by atoms with Gasteiger partial charge in [-0.3, -0.25) is 19.1 Å². The summed E-state index contributed by atoms with van der Waals surface area (Å²) in [6.07, 6.45) is 2.04. The number of aliphatic imine (C=N–C) groups is 2. The molecule has 0 unspecified atom stereocenters. The summed E-state index contributed by atoms with van der Waals surface area (Å²) in [7, 11) is -9.25. The van der Waals surface area contributed by atoms with E-state index in [0.717, 1.165) is 36.7 Å². The second-order valence-electron chi connectivity index (χ2n) is 6.60. The van der Waals surface area contributed by atoms with Crippen LogP contribution in [0.1, 0.15) is 11.1 Å². The van der Waals surface area contributed by atoms with E-state index in [1.165, 1.54) is 12.1 Å². The number of hydrogen-bond donors (Lipinski definition) is 2. The average molecular weight is 589 g/mol. The molecule has 0 spiro atoms. The number of para-hydroxylation sites is 2. The van der Waals surface area contributed by atoms with Gasteiger partial charge in [-0.15, -0.1) is 0 Å². The summed E-state index contributed by atoms with van der Waals surface area (Å²) in [6.45, 7) is 0. The van der Waals surface area contributed by atoms with Crippen molar-refractivity contribution in [2.24, 2.45) is 9.98 Å². The van der Waals surface area contributed by atoms with Crippen LogP contribution in [-0.2, 0) is 20.2 Å². The van der Waals surface area contributed by atoms with Crippen molar-refractivity contribution in [2.45, 2.75) is 9.79 Å². The zero-order valence-electron chi connectivity index (χ0n) is 18.6. The van der Waals surface area contributed by atoms with Crippen LogP contribution in [0.2, 0.25) is 10.0 Å². The van der Waals surface area contributed by atoms with E-state index in [1.54, 1.807) is 12.1 Å². The minimum absolute atomic E-state index is 0. The Kier molecular flexibility index (Phi) is 12.1. The van der Waals surface area contributed by atoms with Crippen LogP contribution in [0.3, 0.4) is 0 Å². The first-order valence-electron chi connectivity index (χ1n) is 8.90. The van der Waals surface area contributed by atoms with Gasteiger partial charge in [-0.2, -0.15) is 16.8 Å². The maximum atomic E-state index is 12.2. The molecule has 0 saturated carbocycles. The predicted molar refractivity (Wildman–Crippen MR) is 122 cm³/mol. The van der Waals surface area contributed by atoms with Gasteiger partial charge in [0.25, 0.3) is 20.2 Å². The van der Waals surface area contributed by atoms with Crippen LogP contribution in [0.4, 0.5) is 11.4 Å². The monoisotopic (exact) mass is 588 g/mol. The maximum absolute atomic E-state index is 12.2. The summed E-state index contributed by atoms with van der Waals surface area (Å²) in [6, 6.07) is 9.54. The van der Waals surface area contributed by atoms with Crippen molar-refractivity contribution >= 4 is 67.2 Å². The molecule has 3 aromatic rings. The van der Waals surface area contributed by atoms with Gasteiger partial charge in [0.05, 0.1) is 21.2 Å². The van der Waals surface area contributed by atoms with Crippen molar-refractivity contribution in [2.75, 3.05) is 0 Å². The van der Waals surface area contributed by atoms with Crippen molar-refractivity contribution in [3.8, 4) is 11.5 Å². The second-order valence-corrected chi connectivity index (χ2v) is 10.3. The molecule has 0 aromatic heterocycles. The van der Waals surface area contributed by atoms with Crippen molar-refractivity contribution in [1.82, 2.24) is 0 Å². The summed E-state index contributed by atoms with van der Waals surface area (Å²) in [4.78, 5) is 7.01. The Labute approximate surface area is 260 Å². The van der Waals surface area contributed by atoms with Crippen molar-refractivity contribution in [1.29, 1.82) is 0 Å². The third kappa shape index (κ3) is 8.25. The van der Waals surface area contributed by atoms with E-state index in [-0.39, 0.29) is 81.6 Å². The molecule has 0 atom stereocenters. The molecule has 178 valence electrons. The van der Waals surface area contributed by atoms with Crippen LogP contribution >= 0.6 is 23.2 Å². The third-order valence-electron chi connectivity index (χ3n) is 4.25. The number of nitrogens with zero attached hydrogens (tertiary/aromatic N) is 2. The minimum atomic E-state index is -4.63. The third-order valence-corrected chi connectivity index (χ3v) is 6.48. The number of benzene rings is 3. The first-order valence-corrected chi connectivity index (χ1v) is 12.5. The predicted octanol–water partition coefficient (Wildman–Crippen LogP) is -2.86. The Balaban J connectivity index is 0.00000324. The molecule has 0 heterocycles. The first-order chi connectivity index (χ1) is 15.8. The summed E-state index contributed by atoms with van der Waals surface area (Å²) in [5, 5.41) is 23.5. The van der Waals surface area contributed by atoms with Crippen LogP contribution in [0.25, 0.3) is 0 Å². The summed E-state index contributed by atoms with van der Waals surface area (Å²) in [5.74, 6) is -1.46. The molecule has 0 fully saturated rings. The Morgan fingerprint density at radius 3 is 1.33 bits per heavy atom. The molecule has 0 radical (unpaired) electrons. The number of rotatable bonds is 6. The molecule has 0 aliphatic rings. The smallest absolute Gasteiger partial charge is 0.871 e. The van der Waals surface area contributed by atoms with E-state index in [9.17, 15) is 36.2 Å². The van der Waals surface area contributed by atoms with Crippen LogP contribution in [0, 0.1) is 0 Å². The Morgan fingerprint density at radius 1 is 0.694 bits per heavy atom. The van der Waals surface area contributed by atoms with Crippen molar-refractivity contribution < 1.29 is 95.3 Å². The van der Waals surface area contributed by atoms with Crippen LogP contribution in [0.5, 0.6) is 11.5 Å². The molecule has 3 aromatic carbocycles. The zero-order chi connectivity index (χ0) is 25.3. The average Bonchev–Trinajstić information content (AvgIpc) is 2.74. The minimum Gasteiger partial charge on any atom is -0.871 e. The zero-order valence-corrected chi connectivity index (χ0v) is 25.7. The molecule has 2 N–H and O–H groups in total. The van der Waals surface area contributed by atoms with Gasteiger partial charge in [0.2, 0.25) is 0 Å². The molecule has 3 rings (SSSR count). The SMILES string of the molecule is O=S(=O)(O)c1cc(Cl)c([O-])c(C=Nc2ccccc2N=Cc2cc(S(=O)(=O)O)cc(Cl)c2[O-])c1.[Na+].[Na+]. The summed E-state index contributed by atoms with van der Waals surface area (Å²) >= 11 is 11.5. The maximum Gasteiger partial charge on any atom is 1.00 e. The molecule has 0 amide bonds. The van der Waals surface area contributed by atoms with E-state index in [0.29, 0.717) is 0 Å². The van der Waals surface area contributed by atoms with Gasteiger partial charge in [-0.05, 0) is 47.5 Å². The molecule has 0 aliphatic heterocycles. The molecule has 36 heavy (non-hydrogen) atoms. The molecule has 10 nitrogen and oxygen atoms in total. The van der Waals surface area contributed by atoms with E-state index in [4.69, 9.17) is 23.2 Å². The molecular formula is C20H12Cl2N2Na2O8S2. The second kappa shape index (κ2) is 13.2. The first kappa shape index (κ1) is 33.0. The van der Waals surface area contributed by atoms with E-state index >= 15 is 0 Å². The Morgan fingerprint density at radius 2 is 1.03 bits per heavy atom. The fourth-order valence-corrected chi connectivity index (χ4v) is 4.30.